The molecule has 3 heterocycles. The molecule has 6 rings (SSSR count). The summed E-state index contributed by atoms with van der Waals surface area (Å²) in [4.78, 5) is 20.5. The summed E-state index contributed by atoms with van der Waals surface area (Å²) in [6, 6.07) is 16.8. The predicted octanol–water partition coefficient (Wildman–Crippen LogP) is 5.56. The van der Waals surface area contributed by atoms with Crippen molar-refractivity contribution in [2.24, 2.45) is 7.05 Å². The second-order valence-corrected chi connectivity index (χ2v) is 10.9. The number of aryl methyl sites for hydroxylation is 2. The first-order valence-electron chi connectivity index (χ1n) is 13.3. The van der Waals surface area contributed by atoms with Crippen molar-refractivity contribution in [3.05, 3.63) is 87.8 Å². The molecule has 2 aromatic heterocycles. The maximum Gasteiger partial charge on any atom is 0.255 e. The molecular weight excluding hydrogens is 589 g/mol. The molecule has 0 bridgehead atoms. The summed E-state index contributed by atoms with van der Waals surface area (Å²) in [5.74, 6) is 0.133. The minimum Gasteiger partial charge on any atom is -0.394 e. The Balaban J connectivity index is 1.40. The molecule has 1 saturated heterocycles. The summed E-state index contributed by atoms with van der Waals surface area (Å²) in [5, 5.41) is 20.7. The van der Waals surface area contributed by atoms with Crippen LogP contribution in [-0.4, -0.2) is 55.8 Å². The summed E-state index contributed by atoms with van der Waals surface area (Å²) < 4.78 is 24.1. The van der Waals surface area contributed by atoms with Gasteiger partial charge in [0.2, 0.25) is 0 Å². The van der Waals surface area contributed by atoms with E-state index in [0.717, 1.165) is 39.9 Å². The molecule has 41 heavy (non-hydrogen) atoms. The van der Waals surface area contributed by atoms with Crippen molar-refractivity contribution in [3.8, 4) is 17.5 Å². The van der Waals surface area contributed by atoms with Crippen LogP contribution in [0.5, 0.6) is 0 Å². The lowest BCUT2D eigenvalue weighted by Gasteiger charge is -2.40. The maximum atomic E-state index is 13.9. The van der Waals surface area contributed by atoms with Crippen molar-refractivity contribution in [3.63, 3.8) is 0 Å². The number of carbonyl (C=O) groups is 1. The summed E-state index contributed by atoms with van der Waals surface area (Å²) in [5.41, 5.74) is 5.14. The van der Waals surface area contributed by atoms with Crippen molar-refractivity contribution in [2.45, 2.75) is 25.6 Å². The molecule has 10 heteroatoms. The van der Waals surface area contributed by atoms with Crippen molar-refractivity contribution < 1.29 is 19.0 Å². The van der Waals surface area contributed by atoms with E-state index in [9.17, 15) is 19.6 Å². The van der Waals surface area contributed by atoms with Gasteiger partial charge in [0.1, 0.15) is 17.7 Å². The van der Waals surface area contributed by atoms with Gasteiger partial charge in [-0.15, -0.1) is 0 Å². The topological polar surface area (TPSA) is 96.3 Å². The number of ether oxygens (including phenoxy) is 1. The molecule has 0 radical (unpaired) electrons. The molecule has 0 spiro atoms. The first kappa shape index (κ1) is 27.1. The molecule has 1 fully saturated rings. The number of benzene rings is 3. The van der Waals surface area contributed by atoms with Gasteiger partial charge in [-0.25, -0.2) is 9.37 Å². The summed E-state index contributed by atoms with van der Waals surface area (Å²) in [7, 11) is 1.92. The predicted molar refractivity (Wildman–Crippen MR) is 157 cm³/mol. The van der Waals surface area contributed by atoms with E-state index in [1.54, 1.807) is 23.1 Å². The van der Waals surface area contributed by atoms with Crippen LogP contribution < -0.4 is 0 Å². The number of nitrogens with zero attached hydrogens (tertiary/aromatic N) is 5. The maximum absolute atomic E-state index is 13.9. The lowest BCUT2D eigenvalue weighted by molar-refractivity contribution is -0.0752. The highest BCUT2D eigenvalue weighted by Gasteiger charge is 2.37. The molecule has 1 aliphatic rings. The average Bonchev–Trinajstić information content (AvgIpc) is 3.52. The van der Waals surface area contributed by atoms with E-state index in [2.05, 4.69) is 33.5 Å². The molecular formula is C31H27BrFN5O3. The van der Waals surface area contributed by atoms with E-state index < -0.39 is 12.1 Å². The number of rotatable bonds is 5. The van der Waals surface area contributed by atoms with E-state index in [-0.39, 0.29) is 24.9 Å². The van der Waals surface area contributed by atoms with Crippen molar-refractivity contribution in [2.75, 3.05) is 19.8 Å². The molecule has 8 nitrogen and oxygen atoms in total. The Labute approximate surface area is 244 Å². The fourth-order valence-electron chi connectivity index (χ4n) is 5.71. The highest BCUT2D eigenvalue weighted by atomic mass is 79.9. The Morgan fingerprint density at radius 1 is 1.20 bits per heavy atom. The number of aliphatic hydroxyl groups is 1. The van der Waals surface area contributed by atoms with Crippen LogP contribution in [0.25, 0.3) is 33.3 Å². The van der Waals surface area contributed by atoms with Crippen LogP contribution in [0, 0.1) is 17.1 Å². The van der Waals surface area contributed by atoms with Crippen LogP contribution in [0.2, 0.25) is 0 Å². The quantitative estimate of drug-likeness (QED) is 0.279. The van der Waals surface area contributed by atoms with Gasteiger partial charge in [-0.3, -0.25) is 4.79 Å². The highest BCUT2D eigenvalue weighted by Crippen LogP contribution is 2.36. The monoisotopic (exact) mass is 615 g/mol. The molecule has 0 aliphatic carbocycles. The Morgan fingerprint density at radius 2 is 1.98 bits per heavy atom. The van der Waals surface area contributed by atoms with Gasteiger partial charge in [-0.1, -0.05) is 18.2 Å². The number of nitriles is 1. The number of morpholine rings is 1. The standard InChI is InChI=1S/C31H27BrFN5O3/c1-3-37-16-23(21-9-4-18(15-34)12-26(21)37)30-35-25-14-24(32)22(13-27(25)36(30)2)31(40)38-10-11-41-29(28(38)17-39)19-5-7-20(33)8-6-19/h4-9,12-14,16,28-29,39H,3,10-11,17H2,1-2H3/t28-,29-/m1/s1. The number of aliphatic hydroxyl groups excluding tert-OH is 1. The van der Waals surface area contributed by atoms with Crippen LogP contribution in [-0.2, 0) is 18.3 Å². The number of amides is 1. The Hall–Kier alpha value is -4.04. The van der Waals surface area contributed by atoms with Gasteiger partial charge in [0.05, 0.1) is 53.0 Å². The fourth-order valence-corrected chi connectivity index (χ4v) is 6.21. The normalized spacial score (nSPS) is 17.3. The first-order valence-corrected chi connectivity index (χ1v) is 14.1. The van der Waals surface area contributed by atoms with Crippen LogP contribution in [0.3, 0.4) is 0 Å². The largest absolute Gasteiger partial charge is 0.394 e. The lowest BCUT2D eigenvalue weighted by atomic mass is 9.98. The van der Waals surface area contributed by atoms with Crippen molar-refractivity contribution >= 4 is 43.8 Å². The number of carbonyl (C=O) groups excluding carboxylic acids is 1. The molecule has 3 aromatic carbocycles. The van der Waals surface area contributed by atoms with Crippen LogP contribution in [0.1, 0.15) is 34.5 Å². The minimum absolute atomic E-state index is 0.248. The van der Waals surface area contributed by atoms with E-state index >= 15 is 0 Å². The van der Waals surface area contributed by atoms with E-state index in [1.807, 2.05) is 42.1 Å². The third kappa shape index (κ3) is 4.60. The number of fused-ring (bicyclic) bond motifs is 2. The van der Waals surface area contributed by atoms with Gasteiger partial charge >= 0.3 is 0 Å². The highest BCUT2D eigenvalue weighted by molar-refractivity contribution is 9.10. The number of aromatic nitrogens is 3. The first-order chi connectivity index (χ1) is 19.8. The van der Waals surface area contributed by atoms with Gasteiger partial charge in [0.25, 0.3) is 5.91 Å². The molecule has 208 valence electrons. The molecule has 0 saturated carbocycles. The molecule has 1 N–H and O–H groups in total. The number of halogens is 2. The summed E-state index contributed by atoms with van der Waals surface area (Å²) in [6.45, 7) is 3.08. The van der Waals surface area contributed by atoms with Gasteiger partial charge in [0, 0.05) is 41.8 Å². The van der Waals surface area contributed by atoms with Gasteiger partial charge in [-0.05, 0) is 64.8 Å². The third-order valence-electron chi connectivity index (χ3n) is 7.82. The molecule has 2 atom stereocenters. The minimum atomic E-state index is -0.634. The summed E-state index contributed by atoms with van der Waals surface area (Å²) >= 11 is 3.59. The molecule has 5 aromatic rings. The smallest absolute Gasteiger partial charge is 0.255 e. The lowest BCUT2D eigenvalue weighted by Crippen LogP contribution is -2.52. The molecule has 0 unspecified atom stereocenters. The summed E-state index contributed by atoms with van der Waals surface area (Å²) in [6.07, 6.45) is 1.46. The number of hydrogen-bond donors (Lipinski definition) is 1. The molecule has 1 amide bonds. The van der Waals surface area contributed by atoms with Crippen molar-refractivity contribution in [1.29, 1.82) is 5.26 Å². The van der Waals surface area contributed by atoms with E-state index in [1.165, 1.54) is 12.1 Å². The van der Waals surface area contributed by atoms with Crippen molar-refractivity contribution in [1.82, 2.24) is 19.0 Å². The number of imidazole rings is 1. The van der Waals surface area contributed by atoms with E-state index in [4.69, 9.17) is 9.72 Å². The fraction of sp³-hybridized carbons (Fsp3) is 0.258. The van der Waals surface area contributed by atoms with Crippen LogP contribution >= 0.6 is 15.9 Å². The zero-order valence-corrected chi connectivity index (χ0v) is 24.1. The van der Waals surface area contributed by atoms with E-state index in [0.29, 0.717) is 27.7 Å². The van der Waals surface area contributed by atoms with Gasteiger partial charge in [-0.2, -0.15) is 5.26 Å². The third-order valence-corrected chi connectivity index (χ3v) is 8.47. The Bertz CT molecular complexity index is 1840. The zero-order valence-electron chi connectivity index (χ0n) is 22.5. The van der Waals surface area contributed by atoms with Gasteiger partial charge < -0.3 is 23.9 Å². The second kappa shape index (κ2) is 10.7. The average molecular weight is 616 g/mol. The second-order valence-electron chi connectivity index (χ2n) is 10.1. The molecule has 1 aliphatic heterocycles. The SMILES string of the molecule is CCn1cc(-c2nc3cc(Br)c(C(=O)N4CCO[C@H](c5ccc(F)cc5)[C@H]4CO)cc3n2C)c2ccc(C#N)cc21. The zero-order chi connectivity index (χ0) is 28.8. The Morgan fingerprint density at radius 3 is 2.68 bits per heavy atom. The van der Waals surface area contributed by atoms with Crippen LogP contribution in [0.15, 0.2) is 65.3 Å². The van der Waals surface area contributed by atoms with Gasteiger partial charge in [0.15, 0.2) is 0 Å². The Kier molecular flexibility index (Phi) is 7.11. The van der Waals surface area contributed by atoms with Crippen LogP contribution in [0.4, 0.5) is 4.39 Å². The number of hydrogen-bond acceptors (Lipinski definition) is 5.